The molecule has 1 aliphatic rings. The molecule has 1 N–H and O–H groups in total. The van der Waals surface area contributed by atoms with E-state index in [0.717, 1.165) is 11.3 Å². The predicted molar refractivity (Wildman–Crippen MR) is 105 cm³/mol. The maximum atomic E-state index is 13.0. The Morgan fingerprint density at radius 1 is 1.07 bits per heavy atom. The van der Waals surface area contributed by atoms with Crippen molar-refractivity contribution in [3.63, 3.8) is 0 Å². The van der Waals surface area contributed by atoms with E-state index < -0.39 is 16.0 Å². The highest BCUT2D eigenvalue weighted by atomic mass is 35.5. The van der Waals surface area contributed by atoms with Gasteiger partial charge in [-0.2, -0.15) is 4.31 Å². The lowest BCUT2D eigenvalue weighted by Crippen LogP contribution is -2.48. The largest absolute Gasteiger partial charge is 0.481 e. The number of carboxylic acid groups (broad SMARTS) is 1. The monoisotopic (exact) mass is 408 g/mol. The van der Waals surface area contributed by atoms with E-state index in [-0.39, 0.29) is 11.3 Å². The van der Waals surface area contributed by atoms with Crippen molar-refractivity contribution in [1.82, 2.24) is 4.31 Å². The summed E-state index contributed by atoms with van der Waals surface area (Å²) in [5.41, 5.74) is 2.23. The number of benzene rings is 2. The molecule has 0 radical (unpaired) electrons. The number of rotatable bonds is 5. The third kappa shape index (κ3) is 4.61. The van der Waals surface area contributed by atoms with Crippen molar-refractivity contribution in [2.45, 2.75) is 18.2 Å². The van der Waals surface area contributed by atoms with Crippen LogP contribution in [0.2, 0.25) is 5.02 Å². The Hall–Kier alpha value is -2.09. The molecule has 27 heavy (non-hydrogen) atoms. The second kappa shape index (κ2) is 7.88. The van der Waals surface area contributed by atoms with Gasteiger partial charge < -0.3 is 10.0 Å². The fraction of sp³-hybridized carbons (Fsp3) is 0.316. The van der Waals surface area contributed by atoms with E-state index in [1.165, 1.54) is 10.4 Å². The van der Waals surface area contributed by atoms with Crippen LogP contribution in [0, 0.1) is 6.92 Å². The molecular formula is C19H21ClN2O4S. The average Bonchev–Trinajstić information content (AvgIpc) is 2.61. The Morgan fingerprint density at radius 2 is 1.70 bits per heavy atom. The molecule has 0 spiro atoms. The Labute approximate surface area is 164 Å². The highest BCUT2D eigenvalue weighted by molar-refractivity contribution is 7.89. The second-order valence-electron chi connectivity index (χ2n) is 6.59. The summed E-state index contributed by atoms with van der Waals surface area (Å²) in [4.78, 5) is 13.2. The zero-order valence-corrected chi connectivity index (χ0v) is 16.5. The van der Waals surface area contributed by atoms with Crippen molar-refractivity contribution in [3.05, 3.63) is 58.6 Å². The van der Waals surface area contributed by atoms with Gasteiger partial charge in [-0.1, -0.05) is 17.7 Å². The minimum absolute atomic E-state index is 0.152. The lowest BCUT2D eigenvalue weighted by atomic mass is 10.1. The third-order valence-electron chi connectivity index (χ3n) is 4.53. The molecule has 0 aliphatic carbocycles. The van der Waals surface area contributed by atoms with Gasteiger partial charge >= 0.3 is 5.97 Å². The highest BCUT2D eigenvalue weighted by Gasteiger charge is 2.29. The van der Waals surface area contributed by atoms with Gasteiger partial charge in [-0.25, -0.2) is 8.42 Å². The molecule has 0 bridgehead atoms. The van der Waals surface area contributed by atoms with Crippen molar-refractivity contribution >= 4 is 33.3 Å². The van der Waals surface area contributed by atoms with Crippen LogP contribution in [0.3, 0.4) is 0 Å². The molecule has 0 amide bonds. The van der Waals surface area contributed by atoms with E-state index in [0.29, 0.717) is 36.8 Å². The van der Waals surface area contributed by atoms with Gasteiger partial charge in [-0.3, -0.25) is 4.79 Å². The van der Waals surface area contributed by atoms with Crippen molar-refractivity contribution in [2.24, 2.45) is 0 Å². The van der Waals surface area contributed by atoms with E-state index in [2.05, 4.69) is 4.90 Å². The number of aryl methyl sites for hydroxylation is 1. The highest BCUT2D eigenvalue weighted by Crippen LogP contribution is 2.24. The van der Waals surface area contributed by atoms with Gasteiger partial charge in [-0.05, 0) is 54.4 Å². The first-order chi connectivity index (χ1) is 12.8. The fourth-order valence-electron chi connectivity index (χ4n) is 3.24. The number of sulfonamides is 1. The smallest absolute Gasteiger partial charge is 0.307 e. The van der Waals surface area contributed by atoms with Crippen LogP contribution in [0.1, 0.15) is 11.1 Å². The molecule has 144 valence electrons. The Kier molecular flexibility index (Phi) is 5.74. The van der Waals surface area contributed by atoms with Gasteiger partial charge in [0.15, 0.2) is 0 Å². The molecule has 2 aromatic rings. The lowest BCUT2D eigenvalue weighted by Gasteiger charge is -2.35. The number of piperazine rings is 1. The molecule has 1 fully saturated rings. The molecule has 0 atom stereocenters. The summed E-state index contributed by atoms with van der Waals surface area (Å²) in [6.07, 6.45) is -0.200. The van der Waals surface area contributed by atoms with Gasteiger partial charge in [0.25, 0.3) is 0 Å². The Balaban J connectivity index is 1.76. The van der Waals surface area contributed by atoms with Crippen LogP contribution in [0.5, 0.6) is 0 Å². The number of aliphatic carboxylic acids is 1. The van der Waals surface area contributed by atoms with Crippen LogP contribution in [-0.2, 0) is 21.2 Å². The first kappa shape index (κ1) is 19.7. The molecule has 8 heteroatoms. The van der Waals surface area contributed by atoms with Crippen LogP contribution in [0.25, 0.3) is 0 Å². The van der Waals surface area contributed by atoms with Crippen molar-refractivity contribution in [3.8, 4) is 0 Å². The molecule has 6 nitrogen and oxygen atoms in total. The van der Waals surface area contributed by atoms with Gasteiger partial charge in [0.2, 0.25) is 10.0 Å². The number of hydrogen-bond donors (Lipinski definition) is 1. The second-order valence-corrected chi connectivity index (χ2v) is 8.97. The first-order valence-corrected chi connectivity index (χ1v) is 10.4. The summed E-state index contributed by atoms with van der Waals surface area (Å²) in [6.45, 7) is 3.66. The van der Waals surface area contributed by atoms with E-state index in [9.17, 15) is 13.2 Å². The number of halogens is 1. The molecule has 1 heterocycles. The van der Waals surface area contributed by atoms with Crippen LogP contribution in [-0.4, -0.2) is 50.0 Å². The zero-order valence-electron chi connectivity index (χ0n) is 14.9. The van der Waals surface area contributed by atoms with Gasteiger partial charge in [0, 0.05) is 36.9 Å². The Bertz CT molecular complexity index is 937. The minimum Gasteiger partial charge on any atom is -0.481 e. The van der Waals surface area contributed by atoms with Gasteiger partial charge in [0.1, 0.15) is 0 Å². The van der Waals surface area contributed by atoms with E-state index in [1.807, 2.05) is 24.3 Å². The molecular weight excluding hydrogens is 388 g/mol. The minimum atomic E-state index is -3.66. The van der Waals surface area contributed by atoms with Crippen LogP contribution < -0.4 is 4.90 Å². The quantitative estimate of drug-likeness (QED) is 0.823. The molecule has 0 aromatic heterocycles. The molecule has 0 unspecified atom stereocenters. The standard InChI is InChI=1S/C19H21ClN2O4S/c1-14-10-15(13-19(23)24)12-18(11-14)27(25,26)22-8-6-21(7-9-22)17-4-2-16(20)3-5-17/h2-5,10-12H,6-9,13H2,1H3,(H,23,24). The van der Waals surface area contributed by atoms with Gasteiger partial charge in [0.05, 0.1) is 11.3 Å². The maximum Gasteiger partial charge on any atom is 0.307 e. The van der Waals surface area contributed by atoms with E-state index in [1.54, 1.807) is 19.1 Å². The van der Waals surface area contributed by atoms with Crippen LogP contribution in [0.15, 0.2) is 47.4 Å². The fourth-order valence-corrected chi connectivity index (χ4v) is 4.94. The van der Waals surface area contributed by atoms with Crippen LogP contribution >= 0.6 is 11.6 Å². The maximum absolute atomic E-state index is 13.0. The number of hydrogen-bond acceptors (Lipinski definition) is 4. The van der Waals surface area contributed by atoms with Crippen molar-refractivity contribution < 1.29 is 18.3 Å². The number of nitrogens with zero attached hydrogens (tertiary/aromatic N) is 2. The Morgan fingerprint density at radius 3 is 2.30 bits per heavy atom. The summed E-state index contributed by atoms with van der Waals surface area (Å²) in [5.74, 6) is -0.986. The van der Waals surface area contributed by atoms with Crippen LogP contribution in [0.4, 0.5) is 5.69 Å². The van der Waals surface area contributed by atoms with E-state index >= 15 is 0 Å². The summed E-state index contributed by atoms with van der Waals surface area (Å²) in [7, 11) is -3.66. The molecule has 2 aromatic carbocycles. The topological polar surface area (TPSA) is 77.9 Å². The summed E-state index contributed by atoms with van der Waals surface area (Å²) in [5, 5.41) is 9.64. The van der Waals surface area contributed by atoms with E-state index in [4.69, 9.17) is 16.7 Å². The molecule has 0 saturated carbocycles. The summed E-state index contributed by atoms with van der Waals surface area (Å²) in [6, 6.07) is 12.2. The van der Waals surface area contributed by atoms with Gasteiger partial charge in [-0.15, -0.1) is 0 Å². The third-order valence-corrected chi connectivity index (χ3v) is 6.66. The zero-order chi connectivity index (χ0) is 19.6. The average molecular weight is 409 g/mol. The number of carbonyl (C=O) groups is 1. The molecule has 1 aliphatic heterocycles. The van der Waals surface area contributed by atoms with Crippen molar-refractivity contribution in [1.29, 1.82) is 0 Å². The number of anilines is 1. The molecule has 3 rings (SSSR count). The lowest BCUT2D eigenvalue weighted by molar-refractivity contribution is -0.136. The summed E-state index contributed by atoms with van der Waals surface area (Å²) >= 11 is 5.92. The number of carboxylic acids is 1. The first-order valence-electron chi connectivity index (χ1n) is 8.59. The SMILES string of the molecule is Cc1cc(CC(=O)O)cc(S(=O)(=O)N2CCN(c3ccc(Cl)cc3)CC2)c1. The predicted octanol–water partition coefficient (Wildman–Crippen LogP) is 2.79. The normalized spacial score (nSPS) is 15.7. The van der Waals surface area contributed by atoms with Crippen molar-refractivity contribution in [2.75, 3.05) is 31.1 Å². The molecule has 1 saturated heterocycles. The summed E-state index contributed by atoms with van der Waals surface area (Å²) < 4.78 is 27.5.